The van der Waals surface area contributed by atoms with Gasteiger partial charge in [-0.15, -0.1) is 0 Å². The Hall–Kier alpha value is -2.75. The second kappa shape index (κ2) is 9.40. The number of aryl methyl sites for hydroxylation is 1. The number of allylic oxidation sites excluding steroid dienone is 3. The van der Waals surface area contributed by atoms with Crippen molar-refractivity contribution in [2.75, 3.05) is 21.3 Å². The highest BCUT2D eigenvalue weighted by molar-refractivity contribution is 6.02. The summed E-state index contributed by atoms with van der Waals surface area (Å²) in [5.74, 6) is 0.743. The van der Waals surface area contributed by atoms with E-state index in [4.69, 9.17) is 14.2 Å². The molecule has 0 aliphatic carbocycles. The number of hydrogen-bond donors (Lipinski definition) is 0. The molecule has 1 aromatic rings. The molecular weight excluding hydrogens is 304 g/mol. The van der Waals surface area contributed by atoms with Crippen LogP contribution in [0, 0.1) is 13.8 Å². The number of ketones is 1. The predicted molar refractivity (Wildman–Crippen MR) is 96.3 cm³/mol. The molecular formula is C20H24O4. The quantitative estimate of drug-likeness (QED) is 0.409. The van der Waals surface area contributed by atoms with Crippen molar-refractivity contribution >= 4 is 11.9 Å². The second-order valence-electron chi connectivity index (χ2n) is 5.04. The van der Waals surface area contributed by atoms with Gasteiger partial charge in [-0.2, -0.15) is 0 Å². The first kappa shape index (κ1) is 19.3. The zero-order chi connectivity index (χ0) is 18.1. The van der Waals surface area contributed by atoms with Crippen molar-refractivity contribution in [2.45, 2.75) is 13.8 Å². The van der Waals surface area contributed by atoms with E-state index in [9.17, 15) is 4.79 Å². The van der Waals surface area contributed by atoms with Gasteiger partial charge in [0, 0.05) is 6.08 Å². The SMILES string of the molecule is C=C/C(OC)=C(OC)\C(=C\C(=O)/C=C/c1cccc(C)c1C)OC. The molecule has 0 aliphatic heterocycles. The first-order valence-corrected chi connectivity index (χ1v) is 7.47. The third-order valence-corrected chi connectivity index (χ3v) is 3.62. The maximum atomic E-state index is 12.2. The van der Waals surface area contributed by atoms with Crippen LogP contribution < -0.4 is 0 Å². The van der Waals surface area contributed by atoms with E-state index < -0.39 is 0 Å². The van der Waals surface area contributed by atoms with E-state index >= 15 is 0 Å². The Balaban J connectivity index is 3.11. The number of carbonyl (C=O) groups is 1. The maximum absolute atomic E-state index is 12.2. The lowest BCUT2D eigenvalue weighted by molar-refractivity contribution is -0.110. The van der Waals surface area contributed by atoms with Crippen molar-refractivity contribution in [3.05, 3.63) is 77.0 Å². The van der Waals surface area contributed by atoms with Crippen LogP contribution in [0.5, 0.6) is 0 Å². The van der Waals surface area contributed by atoms with Crippen molar-refractivity contribution < 1.29 is 19.0 Å². The predicted octanol–water partition coefficient (Wildman–Crippen LogP) is 4.11. The monoisotopic (exact) mass is 328 g/mol. The van der Waals surface area contributed by atoms with Crippen LogP contribution in [0.4, 0.5) is 0 Å². The van der Waals surface area contributed by atoms with E-state index in [2.05, 4.69) is 6.58 Å². The van der Waals surface area contributed by atoms with Crippen LogP contribution in [0.2, 0.25) is 0 Å². The largest absolute Gasteiger partial charge is 0.493 e. The van der Waals surface area contributed by atoms with Gasteiger partial charge in [0.2, 0.25) is 5.76 Å². The van der Waals surface area contributed by atoms with Crippen LogP contribution in [0.1, 0.15) is 16.7 Å². The van der Waals surface area contributed by atoms with Crippen molar-refractivity contribution in [2.24, 2.45) is 0 Å². The van der Waals surface area contributed by atoms with Crippen molar-refractivity contribution in [3.8, 4) is 0 Å². The lowest BCUT2D eigenvalue weighted by Crippen LogP contribution is -2.03. The van der Waals surface area contributed by atoms with Gasteiger partial charge in [-0.05, 0) is 42.7 Å². The summed E-state index contributed by atoms with van der Waals surface area (Å²) in [6, 6.07) is 5.96. The van der Waals surface area contributed by atoms with Gasteiger partial charge in [0.05, 0.1) is 21.3 Å². The Morgan fingerprint density at radius 2 is 1.79 bits per heavy atom. The average Bonchev–Trinajstić information content (AvgIpc) is 2.59. The Bertz CT molecular complexity index is 694. The summed E-state index contributed by atoms with van der Waals surface area (Å²) in [7, 11) is 4.43. The fraction of sp³-hybridized carbons (Fsp3) is 0.250. The summed E-state index contributed by atoms with van der Waals surface area (Å²) in [5.41, 5.74) is 3.32. The molecule has 1 rings (SSSR count). The van der Waals surface area contributed by atoms with Crippen LogP contribution in [0.15, 0.2) is 60.3 Å². The molecule has 0 saturated heterocycles. The fourth-order valence-corrected chi connectivity index (χ4v) is 2.11. The highest BCUT2D eigenvalue weighted by Gasteiger charge is 2.13. The maximum Gasteiger partial charge on any atom is 0.203 e. The molecule has 0 fully saturated rings. The molecule has 0 spiro atoms. The summed E-state index contributed by atoms with van der Waals surface area (Å²) in [6.07, 6.45) is 6.12. The van der Waals surface area contributed by atoms with Crippen molar-refractivity contribution in [1.29, 1.82) is 0 Å². The van der Waals surface area contributed by atoms with Gasteiger partial charge in [-0.25, -0.2) is 0 Å². The molecule has 24 heavy (non-hydrogen) atoms. The van der Waals surface area contributed by atoms with Gasteiger partial charge >= 0.3 is 0 Å². The molecule has 0 aliphatic rings. The fourth-order valence-electron chi connectivity index (χ4n) is 2.11. The normalized spacial score (nSPS) is 12.6. The number of benzene rings is 1. The molecule has 0 radical (unpaired) electrons. The summed E-state index contributed by atoms with van der Waals surface area (Å²) < 4.78 is 15.7. The molecule has 0 heterocycles. The molecule has 4 heteroatoms. The van der Waals surface area contributed by atoms with E-state index in [1.807, 2.05) is 32.0 Å². The van der Waals surface area contributed by atoms with E-state index in [0.29, 0.717) is 11.5 Å². The highest BCUT2D eigenvalue weighted by Crippen LogP contribution is 2.19. The second-order valence-corrected chi connectivity index (χ2v) is 5.04. The first-order chi connectivity index (χ1) is 11.5. The standard InChI is InChI=1S/C20H24O4/c1-7-18(22-4)20(24-6)19(23-5)13-17(21)12-11-16-10-8-9-14(2)15(16)3/h7-13H,1H2,2-6H3/b12-11+,19-13-,20-18-. The van der Waals surface area contributed by atoms with Crippen LogP contribution in [-0.4, -0.2) is 27.1 Å². The molecule has 0 saturated carbocycles. The van der Waals surface area contributed by atoms with Crippen molar-refractivity contribution in [1.82, 2.24) is 0 Å². The number of hydrogen-bond acceptors (Lipinski definition) is 4. The molecule has 0 atom stereocenters. The average molecular weight is 328 g/mol. The summed E-state index contributed by atoms with van der Waals surface area (Å²) in [5, 5.41) is 0. The van der Waals surface area contributed by atoms with Gasteiger partial charge in [0.1, 0.15) is 0 Å². The molecule has 0 aromatic heterocycles. The lowest BCUT2D eigenvalue weighted by Gasteiger charge is -2.12. The Morgan fingerprint density at radius 3 is 2.33 bits per heavy atom. The lowest BCUT2D eigenvalue weighted by atomic mass is 10.0. The minimum Gasteiger partial charge on any atom is -0.493 e. The van der Waals surface area contributed by atoms with Crippen LogP contribution in [0.3, 0.4) is 0 Å². The molecule has 1 aromatic carbocycles. The van der Waals surface area contributed by atoms with E-state index in [1.165, 1.54) is 45.1 Å². The molecule has 0 N–H and O–H groups in total. The Morgan fingerprint density at radius 1 is 1.08 bits per heavy atom. The first-order valence-electron chi connectivity index (χ1n) is 7.47. The molecule has 128 valence electrons. The minimum absolute atomic E-state index is 0.221. The van der Waals surface area contributed by atoms with Gasteiger partial charge < -0.3 is 14.2 Å². The third-order valence-electron chi connectivity index (χ3n) is 3.62. The van der Waals surface area contributed by atoms with Gasteiger partial charge in [0.15, 0.2) is 17.3 Å². The highest BCUT2D eigenvalue weighted by atomic mass is 16.5. The Labute approximate surface area is 143 Å². The van der Waals surface area contributed by atoms with Crippen molar-refractivity contribution in [3.63, 3.8) is 0 Å². The topological polar surface area (TPSA) is 44.8 Å². The molecule has 0 amide bonds. The number of rotatable bonds is 8. The number of methoxy groups -OCH3 is 3. The molecule has 0 unspecified atom stereocenters. The Kier molecular flexibility index (Phi) is 7.56. The summed E-state index contributed by atoms with van der Waals surface area (Å²) in [6.45, 7) is 7.71. The van der Waals surface area contributed by atoms with E-state index in [1.54, 1.807) is 6.08 Å². The van der Waals surface area contributed by atoms with Gasteiger partial charge in [0.25, 0.3) is 0 Å². The molecule has 4 nitrogen and oxygen atoms in total. The van der Waals surface area contributed by atoms with Gasteiger partial charge in [-0.1, -0.05) is 30.9 Å². The third kappa shape index (κ3) is 4.88. The molecule has 0 bridgehead atoms. The van der Waals surface area contributed by atoms with Gasteiger partial charge in [-0.3, -0.25) is 4.79 Å². The number of ether oxygens (including phenoxy) is 3. The van der Waals surface area contributed by atoms with Crippen LogP contribution in [-0.2, 0) is 19.0 Å². The smallest absolute Gasteiger partial charge is 0.203 e. The summed E-state index contributed by atoms with van der Waals surface area (Å²) >= 11 is 0. The van der Waals surface area contributed by atoms with Crippen LogP contribution in [0.25, 0.3) is 6.08 Å². The minimum atomic E-state index is -0.221. The number of carbonyl (C=O) groups excluding carboxylic acids is 1. The zero-order valence-corrected chi connectivity index (χ0v) is 14.9. The summed E-state index contributed by atoms with van der Waals surface area (Å²) in [4.78, 5) is 12.2. The zero-order valence-electron chi connectivity index (χ0n) is 14.9. The van der Waals surface area contributed by atoms with Crippen LogP contribution >= 0.6 is 0 Å². The van der Waals surface area contributed by atoms with E-state index in [0.717, 1.165) is 11.1 Å². The van der Waals surface area contributed by atoms with E-state index in [-0.39, 0.29) is 11.5 Å².